The summed E-state index contributed by atoms with van der Waals surface area (Å²) in [5, 5.41) is 19.5. The summed E-state index contributed by atoms with van der Waals surface area (Å²) in [7, 11) is 1.41. The molecular weight excluding hydrogens is 679 g/mol. The van der Waals surface area contributed by atoms with Gasteiger partial charge in [-0.25, -0.2) is 4.79 Å². The van der Waals surface area contributed by atoms with Gasteiger partial charge in [-0.05, 0) is 54.7 Å². The van der Waals surface area contributed by atoms with Crippen molar-refractivity contribution >= 4 is 80.5 Å². The number of phenolic OH excluding ortho intramolecular Hbond substituents is 1. The van der Waals surface area contributed by atoms with Crippen molar-refractivity contribution in [1.82, 2.24) is 4.90 Å². The Balaban J connectivity index is 1.46. The normalized spacial score (nSPS) is 31.2. The standard InChI is InChI=1S/C31H25BrCl2N2O8/c1-44-23-11-15(6-10-22(23)37)5-9-21-18-7-8-19-24(20(18)13-30(33)28(42)35(14-32)29(43)31(21,30)34)26(39)36(25(19)38)17-4-2-3-16(12-17)27(40)41/h2-7,9-12,19-21,24,37H,8,13-14H2,1H3,(H,40,41). The summed E-state index contributed by atoms with van der Waals surface area (Å²) in [6, 6.07) is 10.2. The number of likely N-dealkylation sites (tertiary alicyclic amines) is 1. The van der Waals surface area contributed by atoms with E-state index in [2.05, 4.69) is 15.9 Å². The first-order chi connectivity index (χ1) is 20.9. The van der Waals surface area contributed by atoms with Gasteiger partial charge in [-0.15, -0.1) is 23.2 Å². The number of methoxy groups -OCH3 is 1. The lowest BCUT2D eigenvalue weighted by Gasteiger charge is -2.49. The lowest BCUT2D eigenvalue weighted by molar-refractivity contribution is -0.138. The van der Waals surface area contributed by atoms with Crippen molar-refractivity contribution < 1.29 is 38.9 Å². The predicted molar refractivity (Wildman–Crippen MR) is 164 cm³/mol. The molecule has 44 heavy (non-hydrogen) atoms. The molecule has 2 N–H and O–H groups in total. The van der Waals surface area contributed by atoms with Crippen molar-refractivity contribution in [3.63, 3.8) is 0 Å². The number of nitrogens with zero attached hydrogens (tertiary/aromatic N) is 2. The lowest BCUT2D eigenvalue weighted by Crippen LogP contribution is -2.60. The number of amides is 4. The fraction of sp³-hybridized carbons (Fsp3) is 0.323. The number of hydrogen-bond donors (Lipinski definition) is 2. The zero-order valence-corrected chi connectivity index (χ0v) is 26.2. The predicted octanol–water partition coefficient (Wildman–Crippen LogP) is 4.56. The monoisotopic (exact) mass is 702 g/mol. The Kier molecular flexibility index (Phi) is 7.41. The SMILES string of the molecule is COc1cc(C=CC2C3=CCC4C(=O)N(c5cccc(C(=O)O)c5)C(=O)C4C3CC3(Cl)C(=O)N(CBr)C(=O)C23Cl)ccc1O. The summed E-state index contributed by atoms with van der Waals surface area (Å²) in [4.78, 5) is 64.9. The number of aromatic carboxylic acids is 1. The molecule has 6 unspecified atom stereocenters. The molecule has 2 aliphatic carbocycles. The third-order valence-corrected chi connectivity index (χ3v) is 11.0. The van der Waals surface area contributed by atoms with Gasteiger partial charge in [0, 0.05) is 5.92 Å². The van der Waals surface area contributed by atoms with Crippen LogP contribution in [0.1, 0.15) is 28.8 Å². The highest BCUT2D eigenvalue weighted by atomic mass is 79.9. The second kappa shape index (κ2) is 10.7. The van der Waals surface area contributed by atoms with Crippen LogP contribution in [0.2, 0.25) is 0 Å². The molecule has 4 aliphatic rings. The quantitative estimate of drug-likeness (QED) is 0.193. The molecule has 6 atom stereocenters. The highest BCUT2D eigenvalue weighted by Crippen LogP contribution is 2.63. The summed E-state index contributed by atoms with van der Waals surface area (Å²) < 4.78 is 5.20. The van der Waals surface area contributed by atoms with Crippen LogP contribution in [0.25, 0.3) is 6.08 Å². The topological polar surface area (TPSA) is 142 Å². The zero-order valence-electron chi connectivity index (χ0n) is 23.1. The van der Waals surface area contributed by atoms with E-state index >= 15 is 0 Å². The molecule has 0 spiro atoms. The van der Waals surface area contributed by atoms with Crippen LogP contribution < -0.4 is 9.64 Å². The average molecular weight is 704 g/mol. The summed E-state index contributed by atoms with van der Waals surface area (Å²) in [6.45, 7) is 0. The first kappa shape index (κ1) is 30.4. The van der Waals surface area contributed by atoms with Crippen LogP contribution in [-0.4, -0.2) is 67.0 Å². The summed E-state index contributed by atoms with van der Waals surface area (Å²) in [6.07, 6.45) is 5.13. The van der Waals surface area contributed by atoms with Crippen LogP contribution in [0.4, 0.5) is 5.69 Å². The third-order valence-electron chi connectivity index (χ3n) is 9.11. The molecule has 2 heterocycles. The van der Waals surface area contributed by atoms with Gasteiger partial charge in [0.15, 0.2) is 21.2 Å². The molecule has 6 rings (SSSR count). The Bertz CT molecular complexity index is 1710. The number of aromatic hydroxyl groups is 1. The van der Waals surface area contributed by atoms with Crippen molar-refractivity contribution in [2.45, 2.75) is 22.6 Å². The highest BCUT2D eigenvalue weighted by Gasteiger charge is 2.75. The van der Waals surface area contributed by atoms with Crippen LogP contribution in [0.5, 0.6) is 11.5 Å². The van der Waals surface area contributed by atoms with Crippen molar-refractivity contribution in [1.29, 1.82) is 0 Å². The third kappa shape index (κ3) is 4.16. The molecule has 4 amide bonds. The Morgan fingerprint density at radius 3 is 2.52 bits per heavy atom. The van der Waals surface area contributed by atoms with Gasteiger partial charge < -0.3 is 14.9 Å². The second-order valence-corrected chi connectivity index (χ2v) is 12.9. The number of phenols is 1. The molecule has 2 aliphatic heterocycles. The van der Waals surface area contributed by atoms with E-state index in [4.69, 9.17) is 27.9 Å². The number of rotatable bonds is 6. The van der Waals surface area contributed by atoms with Crippen LogP contribution in [-0.2, 0) is 19.2 Å². The minimum Gasteiger partial charge on any atom is -0.504 e. The molecule has 0 radical (unpaired) electrons. The van der Waals surface area contributed by atoms with E-state index < -0.39 is 63.0 Å². The van der Waals surface area contributed by atoms with Gasteiger partial charge in [-0.3, -0.25) is 29.0 Å². The minimum absolute atomic E-state index is 0.0654. The molecule has 0 bridgehead atoms. The second-order valence-electron chi connectivity index (χ2n) is 11.2. The van der Waals surface area contributed by atoms with Gasteiger partial charge in [0.25, 0.3) is 11.8 Å². The molecule has 228 valence electrons. The number of carboxylic acid groups (broad SMARTS) is 1. The van der Waals surface area contributed by atoms with Crippen LogP contribution in [0.15, 0.2) is 60.2 Å². The fourth-order valence-electron chi connectivity index (χ4n) is 7.04. The largest absolute Gasteiger partial charge is 0.504 e. The number of anilines is 1. The van der Waals surface area contributed by atoms with E-state index in [1.54, 1.807) is 30.4 Å². The van der Waals surface area contributed by atoms with Gasteiger partial charge in [-0.1, -0.05) is 51.9 Å². The van der Waals surface area contributed by atoms with Crippen LogP contribution in [0, 0.1) is 23.7 Å². The number of carbonyl (C=O) groups excluding carboxylic acids is 4. The van der Waals surface area contributed by atoms with Crippen LogP contribution in [0.3, 0.4) is 0 Å². The molecule has 0 aromatic heterocycles. The number of allylic oxidation sites excluding steroid dienone is 3. The van der Waals surface area contributed by atoms with E-state index in [9.17, 15) is 34.2 Å². The average Bonchev–Trinajstić information content (AvgIpc) is 3.34. The number of imide groups is 2. The molecular formula is C31H25BrCl2N2O8. The van der Waals surface area contributed by atoms with Gasteiger partial charge in [0.1, 0.15) is 0 Å². The molecule has 13 heteroatoms. The van der Waals surface area contributed by atoms with Crippen LogP contribution >= 0.6 is 39.1 Å². The fourth-order valence-corrected chi connectivity index (χ4v) is 8.42. The van der Waals surface area contributed by atoms with Gasteiger partial charge in [0.05, 0.1) is 35.7 Å². The van der Waals surface area contributed by atoms with Gasteiger partial charge >= 0.3 is 5.97 Å². The molecule has 2 aromatic rings. The zero-order chi connectivity index (χ0) is 31.7. The van der Waals surface area contributed by atoms with Crippen molar-refractivity contribution in [3.8, 4) is 11.5 Å². The van der Waals surface area contributed by atoms with E-state index in [0.717, 1.165) is 9.80 Å². The summed E-state index contributed by atoms with van der Waals surface area (Å²) in [5.74, 6) is -6.83. The summed E-state index contributed by atoms with van der Waals surface area (Å²) >= 11 is 17.5. The van der Waals surface area contributed by atoms with E-state index in [0.29, 0.717) is 11.1 Å². The van der Waals surface area contributed by atoms with Crippen molar-refractivity contribution in [3.05, 3.63) is 71.3 Å². The first-order valence-electron chi connectivity index (χ1n) is 13.7. The number of halogens is 3. The van der Waals surface area contributed by atoms with E-state index in [-0.39, 0.29) is 41.0 Å². The summed E-state index contributed by atoms with van der Waals surface area (Å²) in [5.41, 5.74) is 1.12. The highest BCUT2D eigenvalue weighted by molar-refractivity contribution is 9.09. The van der Waals surface area contributed by atoms with E-state index in [1.807, 2.05) is 0 Å². The maximum Gasteiger partial charge on any atom is 0.335 e. The molecule has 2 saturated heterocycles. The van der Waals surface area contributed by atoms with E-state index in [1.165, 1.54) is 37.4 Å². The molecule has 1 saturated carbocycles. The Labute approximate surface area is 270 Å². The maximum absolute atomic E-state index is 14.0. The van der Waals surface area contributed by atoms with Crippen molar-refractivity contribution in [2.24, 2.45) is 23.7 Å². The van der Waals surface area contributed by atoms with Gasteiger partial charge in [-0.2, -0.15) is 0 Å². The minimum atomic E-state index is -1.94. The number of fused-ring (bicyclic) bond motifs is 4. The Hall–Kier alpha value is -3.67. The Morgan fingerprint density at radius 2 is 1.84 bits per heavy atom. The number of hydrogen-bond acceptors (Lipinski definition) is 7. The van der Waals surface area contributed by atoms with Crippen molar-refractivity contribution in [2.75, 3.05) is 17.5 Å². The smallest absolute Gasteiger partial charge is 0.335 e. The van der Waals surface area contributed by atoms with Gasteiger partial charge in [0.2, 0.25) is 11.8 Å². The lowest BCUT2D eigenvalue weighted by atomic mass is 9.57. The first-order valence-corrected chi connectivity index (χ1v) is 15.5. The number of carboxylic acids is 1. The number of ether oxygens (including phenoxy) is 1. The Morgan fingerprint density at radius 1 is 1.09 bits per heavy atom. The number of alkyl halides is 3. The molecule has 10 nitrogen and oxygen atoms in total. The number of carbonyl (C=O) groups is 5. The maximum atomic E-state index is 14.0. The molecule has 3 fully saturated rings. The number of benzene rings is 2. The molecule has 2 aromatic carbocycles.